The summed E-state index contributed by atoms with van der Waals surface area (Å²) in [6.07, 6.45) is -3.12. The Morgan fingerprint density at radius 1 is 0.680 bits per heavy atom. The number of hydrogen-bond donors (Lipinski definition) is 6. The third-order valence-electron chi connectivity index (χ3n) is 3.38. The van der Waals surface area contributed by atoms with Gasteiger partial charge >= 0.3 is 23.9 Å². The van der Waals surface area contributed by atoms with Gasteiger partial charge in [0.25, 0.3) is 0 Å². The molecule has 144 valence electrons. The average molecular weight is 416 g/mol. The van der Waals surface area contributed by atoms with E-state index in [2.05, 4.69) is 0 Å². The highest BCUT2D eigenvalue weighted by Crippen LogP contribution is 2.52. The largest absolute Gasteiger partial charge is 0.481 e. The zero-order valence-corrected chi connectivity index (χ0v) is 15.5. The number of rotatable bonds is 14. The molecule has 0 saturated heterocycles. The minimum Gasteiger partial charge on any atom is -0.481 e. The number of aliphatic carboxylic acids is 4. The second kappa shape index (κ2) is 10.8. The van der Waals surface area contributed by atoms with Crippen molar-refractivity contribution in [3.05, 3.63) is 0 Å². The summed E-state index contributed by atoms with van der Waals surface area (Å²) in [5.74, 6) is -5.06. The van der Waals surface area contributed by atoms with E-state index >= 15 is 0 Å². The first-order chi connectivity index (χ1) is 11.5. The van der Waals surface area contributed by atoms with E-state index in [0.29, 0.717) is 17.7 Å². The summed E-state index contributed by atoms with van der Waals surface area (Å²) in [7, 11) is 0. The van der Waals surface area contributed by atoms with Crippen LogP contribution in [0.5, 0.6) is 0 Å². The van der Waals surface area contributed by atoms with Crippen molar-refractivity contribution in [2.45, 2.75) is 35.2 Å². The van der Waals surface area contributed by atoms with E-state index < -0.39 is 59.1 Å². The fraction of sp³-hybridized carbons (Fsp3) is 0.667. The van der Waals surface area contributed by atoms with Crippen molar-refractivity contribution in [2.24, 2.45) is 10.3 Å². The van der Waals surface area contributed by atoms with E-state index in [1.54, 1.807) is 0 Å². The second-order valence-corrected chi connectivity index (χ2v) is 8.34. The Bertz CT molecular complexity index is 485. The summed E-state index contributed by atoms with van der Waals surface area (Å²) in [5.41, 5.74) is 0. The highest BCUT2D eigenvalue weighted by molar-refractivity contribution is 8.05. The van der Waals surface area contributed by atoms with Crippen LogP contribution in [0.4, 0.5) is 0 Å². The van der Waals surface area contributed by atoms with Crippen molar-refractivity contribution in [1.29, 1.82) is 0 Å². The lowest BCUT2D eigenvalue weighted by Crippen LogP contribution is -2.55. The molecule has 0 amide bonds. The zero-order valence-electron chi connectivity index (χ0n) is 13.0. The first kappa shape index (κ1) is 23.9. The van der Waals surface area contributed by atoms with Gasteiger partial charge < -0.3 is 20.4 Å². The van der Waals surface area contributed by atoms with E-state index in [0.717, 1.165) is 23.7 Å². The molecule has 0 aromatic rings. The Morgan fingerprint density at radius 2 is 1.04 bits per heavy atom. The Labute approximate surface area is 156 Å². The van der Waals surface area contributed by atoms with Crippen molar-refractivity contribution in [3.8, 4) is 0 Å². The van der Waals surface area contributed by atoms with Gasteiger partial charge in [0.05, 0.1) is 35.2 Å². The third kappa shape index (κ3) is 7.32. The molecule has 0 radical (unpaired) electrons. The molecule has 0 rings (SSSR count). The minimum absolute atomic E-state index is 0.198. The summed E-state index contributed by atoms with van der Waals surface area (Å²) < 4.78 is -3.60. The number of carboxylic acids is 4. The van der Waals surface area contributed by atoms with Crippen LogP contribution in [0.15, 0.2) is 0 Å². The van der Waals surface area contributed by atoms with Crippen LogP contribution in [0, 0.1) is 0 Å². The molecule has 0 atom stereocenters. The lowest BCUT2D eigenvalue weighted by atomic mass is 9.80. The van der Waals surface area contributed by atoms with E-state index in [1.807, 2.05) is 0 Å². The molecular weight excluding hydrogens is 396 g/mol. The van der Waals surface area contributed by atoms with Crippen LogP contribution < -0.4 is 10.3 Å². The number of nitrogens with two attached hydrogens (primary N) is 2. The van der Waals surface area contributed by atoms with Crippen molar-refractivity contribution < 1.29 is 39.6 Å². The fourth-order valence-corrected chi connectivity index (χ4v) is 5.52. The fourth-order valence-electron chi connectivity index (χ4n) is 2.46. The smallest absolute Gasteiger partial charge is 0.304 e. The molecule has 0 spiro atoms. The lowest BCUT2D eigenvalue weighted by Gasteiger charge is -2.46. The monoisotopic (exact) mass is 416 g/mol. The molecule has 0 saturated carbocycles. The number of hydrogen-bond acceptors (Lipinski definition) is 9. The average Bonchev–Trinajstić information content (AvgIpc) is 2.43. The normalized spacial score (nSPS) is 11.9. The van der Waals surface area contributed by atoms with Crippen LogP contribution in [0.3, 0.4) is 0 Å². The summed E-state index contributed by atoms with van der Waals surface area (Å²) >= 11 is 2.19. The van der Waals surface area contributed by atoms with Gasteiger partial charge in [-0.05, 0) is 0 Å². The van der Waals surface area contributed by atoms with Gasteiger partial charge in [0.15, 0.2) is 0 Å². The molecule has 0 fully saturated rings. The summed E-state index contributed by atoms with van der Waals surface area (Å²) in [6.45, 7) is 0. The van der Waals surface area contributed by atoms with Crippen LogP contribution in [-0.4, -0.2) is 65.3 Å². The van der Waals surface area contributed by atoms with Gasteiger partial charge in [-0.1, -0.05) is 23.9 Å². The summed E-state index contributed by atoms with van der Waals surface area (Å²) in [4.78, 5) is 45.4. The van der Waals surface area contributed by atoms with Crippen molar-refractivity contribution in [2.75, 3.05) is 11.5 Å². The Kier molecular flexibility index (Phi) is 10.3. The van der Waals surface area contributed by atoms with Crippen LogP contribution in [0.2, 0.25) is 0 Å². The Balaban J connectivity index is 6.30. The molecule has 8 N–H and O–H groups in total. The first-order valence-electron chi connectivity index (χ1n) is 6.75. The van der Waals surface area contributed by atoms with Crippen molar-refractivity contribution in [3.63, 3.8) is 0 Å². The van der Waals surface area contributed by atoms with Gasteiger partial charge in [-0.2, -0.15) is 11.8 Å². The summed E-state index contributed by atoms with van der Waals surface area (Å²) in [5, 5.41) is 47.9. The van der Waals surface area contributed by atoms with E-state index in [9.17, 15) is 39.6 Å². The van der Waals surface area contributed by atoms with Gasteiger partial charge in [-0.3, -0.25) is 29.5 Å². The molecule has 0 unspecified atom stereocenters. The Morgan fingerprint density at radius 3 is 1.32 bits per heavy atom. The maximum atomic E-state index is 11.4. The third-order valence-corrected chi connectivity index (χ3v) is 6.98. The maximum absolute atomic E-state index is 11.4. The molecule has 0 aromatic heterocycles. The van der Waals surface area contributed by atoms with Gasteiger partial charge in [0, 0.05) is 11.5 Å². The second-order valence-electron chi connectivity index (χ2n) is 5.11. The molecular formula is C12H20N2O8S3. The molecule has 10 nitrogen and oxygen atoms in total. The van der Waals surface area contributed by atoms with Crippen LogP contribution in [0.25, 0.3) is 0 Å². The maximum Gasteiger partial charge on any atom is 0.304 e. The van der Waals surface area contributed by atoms with Gasteiger partial charge in [-0.15, -0.1) is 0 Å². The number of thioether (sulfide) groups is 1. The predicted molar refractivity (Wildman–Crippen MR) is 95.4 cm³/mol. The molecule has 0 aromatic carbocycles. The van der Waals surface area contributed by atoms with E-state index in [-0.39, 0.29) is 5.75 Å². The molecule has 0 heterocycles. The van der Waals surface area contributed by atoms with Gasteiger partial charge in [0.1, 0.15) is 0 Å². The molecule has 0 aliphatic heterocycles. The van der Waals surface area contributed by atoms with Crippen molar-refractivity contribution >= 4 is 59.5 Å². The molecule has 0 aliphatic carbocycles. The molecule has 25 heavy (non-hydrogen) atoms. The first-order valence-corrected chi connectivity index (χ1v) is 9.66. The van der Waals surface area contributed by atoms with Gasteiger partial charge in [0.2, 0.25) is 0 Å². The lowest BCUT2D eigenvalue weighted by molar-refractivity contribution is -0.145. The number of carboxylic acid groups (broad SMARTS) is 4. The highest BCUT2D eigenvalue weighted by Gasteiger charge is 2.56. The van der Waals surface area contributed by atoms with E-state index in [1.165, 1.54) is 0 Å². The zero-order chi connectivity index (χ0) is 19.7. The molecule has 13 heteroatoms. The van der Waals surface area contributed by atoms with Crippen LogP contribution >= 0.6 is 35.7 Å². The topological polar surface area (TPSA) is 201 Å². The van der Waals surface area contributed by atoms with Crippen LogP contribution in [0.1, 0.15) is 25.7 Å². The van der Waals surface area contributed by atoms with E-state index in [4.69, 9.17) is 10.3 Å². The summed E-state index contributed by atoms with van der Waals surface area (Å²) in [6, 6.07) is 0. The molecule has 0 bridgehead atoms. The minimum atomic E-state index is -1.84. The Hall–Kier alpha value is -1.15. The highest BCUT2D eigenvalue weighted by atomic mass is 32.2. The number of carbonyl (C=O) groups is 4. The molecule has 0 aliphatic rings. The SMILES string of the molecule is NSCCSC(CC(=O)O)(CC(=O)O)C(CC(=O)O)(CC(=O)O)SN. The standard InChI is InChI=1S/C12H20N2O8S3/c13-24-2-1-23-11(3-7(15)16,4-8(17)18)12(25-14,5-9(19)20)6-10(21)22/h1-6,13-14H2,(H,15,16)(H,17,18)(H,19,20)(H,21,22). The predicted octanol–water partition coefficient (Wildman–Crippen LogP) is 0.310. The quantitative estimate of drug-likeness (QED) is 0.167. The van der Waals surface area contributed by atoms with Crippen molar-refractivity contribution in [1.82, 2.24) is 0 Å². The van der Waals surface area contributed by atoms with Crippen LogP contribution in [-0.2, 0) is 19.2 Å². The van der Waals surface area contributed by atoms with Gasteiger partial charge in [-0.25, -0.2) is 0 Å².